The first kappa shape index (κ1) is 12.4. The molecule has 0 saturated heterocycles. The Hall–Kier alpha value is -1.65. The molecule has 1 fully saturated rings. The van der Waals surface area contributed by atoms with Gasteiger partial charge in [-0.2, -0.15) is 0 Å². The van der Waals surface area contributed by atoms with Crippen molar-refractivity contribution in [2.24, 2.45) is 0 Å². The molecular formula is C14H20N4O. The Morgan fingerprint density at radius 3 is 2.47 bits per heavy atom. The summed E-state index contributed by atoms with van der Waals surface area (Å²) in [6, 6.07) is 0. The molecule has 0 atom stereocenters. The predicted octanol–water partition coefficient (Wildman–Crippen LogP) is 2.86. The summed E-state index contributed by atoms with van der Waals surface area (Å²) in [5.74, 6) is 1.22. The maximum atomic E-state index is 11.9. The number of rotatable bonds is 1. The molecule has 2 aromatic heterocycles. The molecule has 2 N–H and O–H groups in total. The zero-order chi connectivity index (χ0) is 13.1. The van der Waals surface area contributed by atoms with Crippen molar-refractivity contribution in [2.45, 2.75) is 57.3 Å². The molecule has 1 aliphatic carbocycles. The fourth-order valence-electron chi connectivity index (χ4n) is 2.96. The van der Waals surface area contributed by atoms with E-state index in [1.165, 1.54) is 44.9 Å². The van der Waals surface area contributed by atoms with Crippen molar-refractivity contribution in [1.29, 1.82) is 0 Å². The van der Waals surface area contributed by atoms with Crippen LogP contribution in [0.15, 0.2) is 11.1 Å². The first-order valence-electron chi connectivity index (χ1n) is 7.28. The summed E-state index contributed by atoms with van der Waals surface area (Å²) in [7, 11) is 0. The molecule has 1 aliphatic rings. The van der Waals surface area contributed by atoms with Crippen LogP contribution >= 0.6 is 0 Å². The summed E-state index contributed by atoms with van der Waals surface area (Å²) in [4.78, 5) is 26.4. The zero-order valence-electron chi connectivity index (χ0n) is 11.1. The van der Waals surface area contributed by atoms with E-state index in [1.54, 1.807) is 0 Å². The number of hydrogen-bond donors (Lipinski definition) is 2. The third-order valence-corrected chi connectivity index (χ3v) is 4.05. The SMILES string of the molecule is O=c1[nH]c(C2CCCCCCCC2)nc2[nH]cnc12. The van der Waals surface area contributed by atoms with E-state index in [-0.39, 0.29) is 5.56 Å². The van der Waals surface area contributed by atoms with E-state index < -0.39 is 0 Å². The smallest absolute Gasteiger partial charge is 0.279 e. The summed E-state index contributed by atoms with van der Waals surface area (Å²) in [5, 5.41) is 0. The van der Waals surface area contributed by atoms with Crippen molar-refractivity contribution in [2.75, 3.05) is 0 Å². The highest BCUT2D eigenvalue weighted by Crippen LogP contribution is 2.28. The molecule has 5 nitrogen and oxygen atoms in total. The van der Waals surface area contributed by atoms with Crippen LogP contribution < -0.4 is 5.56 Å². The van der Waals surface area contributed by atoms with Crippen LogP contribution in [0.4, 0.5) is 0 Å². The molecule has 102 valence electrons. The molecule has 1 saturated carbocycles. The van der Waals surface area contributed by atoms with Crippen molar-refractivity contribution in [3.05, 3.63) is 22.5 Å². The first-order chi connectivity index (χ1) is 9.34. The minimum atomic E-state index is -0.124. The first-order valence-corrected chi connectivity index (χ1v) is 7.28. The lowest BCUT2D eigenvalue weighted by atomic mass is 9.96. The Bertz CT molecular complexity index is 591. The van der Waals surface area contributed by atoms with Gasteiger partial charge in [0.15, 0.2) is 11.2 Å². The second kappa shape index (κ2) is 5.55. The fraction of sp³-hybridized carbons (Fsp3) is 0.643. The number of nitrogens with one attached hydrogen (secondary N) is 2. The number of imidazole rings is 1. The molecule has 0 amide bonds. The molecule has 0 aromatic carbocycles. The molecule has 0 radical (unpaired) electrons. The summed E-state index contributed by atoms with van der Waals surface area (Å²) < 4.78 is 0. The largest absolute Gasteiger partial charge is 0.329 e. The minimum absolute atomic E-state index is 0.124. The van der Waals surface area contributed by atoms with Gasteiger partial charge in [0.2, 0.25) is 0 Å². The van der Waals surface area contributed by atoms with Crippen LogP contribution in [-0.2, 0) is 0 Å². The van der Waals surface area contributed by atoms with Gasteiger partial charge in [-0.15, -0.1) is 0 Å². The fourth-order valence-corrected chi connectivity index (χ4v) is 2.96. The molecule has 19 heavy (non-hydrogen) atoms. The highest BCUT2D eigenvalue weighted by atomic mass is 16.1. The zero-order valence-corrected chi connectivity index (χ0v) is 11.1. The summed E-state index contributed by atoms with van der Waals surface area (Å²) >= 11 is 0. The summed E-state index contributed by atoms with van der Waals surface area (Å²) in [5.41, 5.74) is 0.895. The lowest BCUT2D eigenvalue weighted by Gasteiger charge is -2.14. The quantitative estimate of drug-likeness (QED) is 0.828. The van der Waals surface area contributed by atoms with Crippen molar-refractivity contribution >= 4 is 11.2 Å². The van der Waals surface area contributed by atoms with Crippen molar-refractivity contribution in [3.8, 4) is 0 Å². The normalized spacial score (nSPS) is 18.9. The molecule has 5 heteroatoms. The van der Waals surface area contributed by atoms with Gasteiger partial charge in [-0.3, -0.25) is 4.79 Å². The summed E-state index contributed by atoms with van der Waals surface area (Å²) in [6.45, 7) is 0. The molecule has 0 bridgehead atoms. The minimum Gasteiger partial charge on any atom is -0.329 e. The highest BCUT2D eigenvalue weighted by molar-refractivity contribution is 5.68. The lowest BCUT2D eigenvalue weighted by Crippen LogP contribution is -2.15. The van der Waals surface area contributed by atoms with Crippen LogP contribution in [0.1, 0.15) is 63.1 Å². The number of nitrogens with zero attached hydrogens (tertiary/aromatic N) is 2. The van der Waals surface area contributed by atoms with Gasteiger partial charge in [0, 0.05) is 5.92 Å². The van der Waals surface area contributed by atoms with E-state index >= 15 is 0 Å². The number of fused-ring (bicyclic) bond motifs is 1. The number of hydrogen-bond acceptors (Lipinski definition) is 3. The van der Waals surface area contributed by atoms with E-state index in [2.05, 4.69) is 19.9 Å². The molecular weight excluding hydrogens is 240 g/mol. The third kappa shape index (κ3) is 2.69. The van der Waals surface area contributed by atoms with Gasteiger partial charge in [0.25, 0.3) is 5.56 Å². The second-order valence-corrected chi connectivity index (χ2v) is 5.45. The van der Waals surface area contributed by atoms with Gasteiger partial charge in [0.1, 0.15) is 5.82 Å². The molecule has 2 aromatic rings. The van der Waals surface area contributed by atoms with Crippen molar-refractivity contribution in [3.63, 3.8) is 0 Å². The van der Waals surface area contributed by atoms with E-state index in [9.17, 15) is 4.79 Å². The van der Waals surface area contributed by atoms with Gasteiger partial charge in [-0.05, 0) is 12.8 Å². The van der Waals surface area contributed by atoms with Gasteiger partial charge in [-0.1, -0.05) is 38.5 Å². The number of H-pyrrole nitrogens is 2. The third-order valence-electron chi connectivity index (χ3n) is 4.05. The Labute approximate surface area is 111 Å². The van der Waals surface area contributed by atoms with Crippen LogP contribution in [0.3, 0.4) is 0 Å². The molecule has 0 aliphatic heterocycles. The van der Waals surface area contributed by atoms with Crippen molar-refractivity contribution in [1.82, 2.24) is 19.9 Å². The maximum Gasteiger partial charge on any atom is 0.279 e. The Balaban J connectivity index is 1.90. The lowest BCUT2D eigenvalue weighted by molar-refractivity contribution is 0.516. The molecule has 0 spiro atoms. The standard InChI is InChI=1S/C14H20N4O/c19-14-11-13(16-9-15-11)17-12(18-14)10-7-5-3-1-2-4-6-8-10/h9-10H,1-8H2,(H2,15,16,17,18,19). The number of aromatic amines is 2. The van der Waals surface area contributed by atoms with Gasteiger partial charge in [-0.25, -0.2) is 9.97 Å². The van der Waals surface area contributed by atoms with E-state index in [0.717, 1.165) is 18.7 Å². The van der Waals surface area contributed by atoms with E-state index in [1.807, 2.05) is 0 Å². The van der Waals surface area contributed by atoms with Crippen LogP contribution in [0, 0.1) is 0 Å². The monoisotopic (exact) mass is 260 g/mol. The Morgan fingerprint density at radius 2 is 1.74 bits per heavy atom. The number of aromatic nitrogens is 4. The average molecular weight is 260 g/mol. The van der Waals surface area contributed by atoms with Crippen LogP contribution in [0.5, 0.6) is 0 Å². The van der Waals surface area contributed by atoms with Gasteiger partial charge in [0.05, 0.1) is 6.33 Å². The highest BCUT2D eigenvalue weighted by Gasteiger charge is 2.17. The van der Waals surface area contributed by atoms with Gasteiger partial charge >= 0.3 is 0 Å². The van der Waals surface area contributed by atoms with E-state index in [0.29, 0.717) is 17.1 Å². The molecule has 3 rings (SSSR count). The average Bonchev–Trinajstić information content (AvgIpc) is 2.91. The van der Waals surface area contributed by atoms with Crippen LogP contribution in [0.25, 0.3) is 11.2 Å². The van der Waals surface area contributed by atoms with E-state index in [4.69, 9.17) is 0 Å². The summed E-state index contributed by atoms with van der Waals surface area (Å²) in [6.07, 6.45) is 11.5. The van der Waals surface area contributed by atoms with Crippen molar-refractivity contribution < 1.29 is 0 Å². The Kier molecular flexibility index (Phi) is 3.62. The topological polar surface area (TPSA) is 74.4 Å². The van der Waals surface area contributed by atoms with Crippen LogP contribution in [0.2, 0.25) is 0 Å². The van der Waals surface area contributed by atoms with Crippen LogP contribution in [-0.4, -0.2) is 19.9 Å². The predicted molar refractivity (Wildman–Crippen MR) is 74.2 cm³/mol. The Morgan fingerprint density at radius 1 is 1.05 bits per heavy atom. The second-order valence-electron chi connectivity index (χ2n) is 5.45. The molecule has 2 heterocycles. The van der Waals surface area contributed by atoms with Gasteiger partial charge < -0.3 is 9.97 Å². The maximum absolute atomic E-state index is 11.9. The molecule has 0 unspecified atom stereocenters.